The number of aromatic nitrogens is 1. The molecule has 0 N–H and O–H groups in total. The zero-order valence-corrected chi connectivity index (χ0v) is 9.22. The van der Waals surface area contributed by atoms with Crippen LogP contribution in [0.25, 0.3) is 0 Å². The summed E-state index contributed by atoms with van der Waals surface area (Å²) in [6.07, 6.45) is 1.72. The van der Waals surface area contributed by atoms with Crippen molar-refractivity contribution in [1.29, 1.82) is 0 Å². The molecule has 0 fully saturated rings. The molecule has 0 saturated carbocycles. The molecule has 0 bridgehead atoms. The molecule has 0 aromatic carbocycles. The van der Waals surface area contributed by atoms with Crippen molar-refractivity contribution in [2.45, 2.75) is 40.5 Å². The first kappa shape index (κ1) is 9.44. The molecule has 0 amide bonds. The smallest absolute Gasteiger partial charge is 0.243 e. The maximum Gasteiger partial charge on any atom is 0.243 e. The normalized spacial score (nSPS) is 15.6. The third-order valence-electron chi connectivity index (χ3n) is 2.12. The predicted molar refractivity (Wildman–Crippen MR) is 56.1 cm³/mol. The number of rotatable bonds is 1. The number of fused-ring (bicyclic) bond motifs is 1. The van der Waals surface area contributed by atoms with Gasteiger partial charge in [-0.25, -0.2) is 9.98 Å². The van der Waals surface area contributed by atoms with Gasteiger partial charge in [0, 0.05) is 18.6 Å². The second kappa shape index (κ2) is 2.94. The van der Waals surface area contributed by atoms with Gasteiger partial charge in [-0.05, 0) is 12.3 Å². The lowest BCUT2D eigenvalue weighted by Crippen LogP contribution is -2.09. The molecule has 1 aliphatic heterocycles. The standard InChI is InChI=1S/C11H16N2O/c1-7-5-8-10(12-7)14-9(13-8)6-11(2,3)4/h5-6H2,1-4H3. The van der Waals surface area contributed by atoms with E-state index in [0.29, 0.717) is 0 Å². The fraction of sp³-hybridized carbons (Fsp3) is 0.636. The summed E-state index contributed by atoms with van der Waals surface area (Å²) < 4.78 is 5.57. The van der Waals surface area contributed by atoms with E-state index in [1.54, 1.807) is 0 Å². The first-order chi connectivity index (χ1) is 6.44. The van der Waals surface area contributed by atoms with E-state index >= 15 is 0 Å². The van der Waals surface area contributed by atoms with E-state index in [1.165, 1.54) is 0 Å². The van der Waals surface area contributed by atoms with Crippen molar-refractivity contribution in [3.63, 3.8) is 0 Å². The third-order valence-corrected chi connectivity index (χ3v) is 2.12. The number of oxazole rings is 1. The highest BCUT2D eigenvalue weighted by molar-refractivity contribution is 5.90. The number of hydrogen-bond acceptors (Lipinski definition) is 3. The highest BCUT2D eigenvalue weighted by Gasteiger charge is 2.22. The van der Waals surface area contributed by atoms with Gasteiger partial charge in [-0.2, -0.15) is 0 Å². The van der Waals surface area contributed by atoms with E-state index in [4.69, 9.17) is 4.42 Å². The van der Waals surface area contributed by atoms with Crippen molar-refractivity contribution < 1.29 is 4.42 Å². The van der Waals surface area contributed by atoms with Gasteiger partial charge in [-0.1, -0.05) is 20.8 Å². The second-order valence-corrected chi connectivity index (χ2v) is 5.12. The molecule has 2 heterocycles. The Balaban J connectivity index is 2.20. The third kappa shape index (κ3) is 1.86. The van der Waals surface area contributed by atoms with Gasteiger partial charge in [0.15, 0.2) is 5.89 Å². The van der Waals surface area contributed by atoms with Gasteiger partial charge in [0.25, 0.3) is 0 Å². The van der Waals surface area contributed by atoms with Crippen LogP contribution in [0.15, 0.2) is 9.41 Å². The Hall–Kier alpha value is -1.12. The topological polar surface area (TPSA) is 38.4 Å². The molecule has 1 aliphatic rings. The lowest BCUT2D eigenvalue weighted by molar-refractivity contribution is 0.357. The summed E-state index contributed by atoms with van der Waals surface area (Å²) in [5, 5.41) is 0. The van der Waals surface area contributed by atoms with Crippen molar-refractivity contribution in [3.05, 3.63) is 11.6 Å². The Labute approximate surface area is 84.3 Å². The summed E-state index contributed by atoms with van der Waals surface area (Å²) >= 11 is 0. The maximum atomic E-state index is 5.57. The van der Waals surface area contributed by atoms with E-state index in [2.05, 4.69) is 30.7 Å². The zero-order chi connectivity index (χ0) is 10.3. The van der Waals surface area contributed by atoms with Gasteiger partial charge in [-0.15, -0.1) is 0 Å². The molecule has 2 rings (SSSR count). The summed E-state index contributed by atoms with van der Waals surface area (Å²) in [6.45, 7) is 8.53. The van der Waals surface area contributed by atoms with Crippen LogP contribution in [0.2, 0.25) is 0 Å². The van der Waals surface area contributed by atoms with Crippen LogP contribution in [0, 0.1) is 5.41 Å². The van der Waals surface area contributed by atoms with Crippen LogP contribution in [-0.4, -0.2) is 10.7 Å². The molecular weight excluding hydrogens is 176 g/mol. The van der Waals surface area contributed by atoms with Gasteiger partial charge in [0.05, 0.1) is 0 Å². The molecule has 1 aromatic heterocycles. The Morgan fingerprint density at radius 1 is 1.36 bits per heavy atom. The molecule has 0 spiro atoms. The maximum absolute atomic E-state index is 5.57. The van der Waals surface area contributed by atoms with E-state index in [0.717, 1.165) is 36.0 Å². The molecule has 0 radical (unpaired) electrons. The Kier molecular flexibility index (Phi) is 1.98. The minimum Gasteiger partial charge on any atom is -0.423 e. The quantitative estimate of drug-likeness (QED) is 0.686. The van der Waals surface area contributed by atoms with Gasteiger partial charge < -0.3 is 4.42 Å². The fourth-order valence-electron chi connectivity index (χ4n) is 1.58. The highest BCUT2D eigenvalue weighted by Crippen LogP contribution is 2.30. The van der Waals surface area contributed by atoms with Crippen LogP contribution >= 0.6 is 0 Å². The Morgan fingerprint density at radius 2 is 2.07 bits per heavy atom. The molecule has 0 aliphatic carbocycles. The molecule has 0 saturated heterocycles. The van der Waals surface area contributed by atoms with Crippen molar-refractivity contribution in [3.8, 4) is 0 Å². The average molecular weight is 192 g/mol. The van der Waals surface area contributed by atoms with Crippen LogP contribution in [0.4, 0.5) is 5.88 Å². The first-order valence-electron chi connectivity index (χ1n) is 4.97. The highest BCUT2D eigenvalue weighted by atomic mass is 16.4. The molecule has 3 nitrogen and oxygen atoms in total. The van der Waals surface area contributed by atoms with Crippen molar-refractivity contribution >= 4 is 11.6 Å². The number of nitrogens with zero attached hydrogens (tertiary/aromatic N) is 2. The number of hydrogen-bond donors (Lipinski definition) is 0. The summed E-state index contributed by atoms with van der Waals surface area (Å²) in [4.78, 5) is 8.74. The van der Waals surface area contributed by atoms with Crippen LogP contribution in [0.5, 0.6) is 0 Å². The van der Waals surface area contributed by atoms with E-state index < -0.39 is 0 Å². The first-order valence-corrected chi connectivity index (χ1v) is 4.97. The molecule has 0 unspecified atom stereocenters. The fourth-order valence-corrected chi connectivity index (χ4v) is 1.58. The molecular formula is C11H16N2O. The Morgan fingerprint density at radius 3 is 2.64 bits per heavy atom. The monoisotopic (exact) mass is 192 g/mol. The van der Waals surface area contributed by atoms with Crippen molar-refractivity contribution in [2.75, 3.05) is 0 Å². The van der Waals surface area contributed by atoms with Crippen molar-refractivity contribution in [2.24, 2.45) is 10.4 Å². The minimum absolute atomic E-state index is 0.220. The van der Waals surface area contributed by atoms with E-state index in [9.17, 15) is 0 Å². The molecule has 3 heteroatoms. The largest absolute Gasteiger partial charge is 0.423 e. The van der Waals surface area contributed by atoms with E-state index in [-0.39, 0.29) is 5.41 Å². The number of aliphatic imine (C=N–C) groups is 1. The Bertz CT molecular complexity index is 382. The molecule has 14 heavy (non-hydrogen) atoms. The minimum atomic E-state index is 0.220. The van der Waals surface area contributed by atoms with Crippen LogP contribution < -0.4 is 0 Å². The van der Waals surface area contributed by atoms with Gasteiger partial charge in [0.2, 0.25) is 5.88 Å². The lowest BCUT2D eigenvalue weighted by atomic mass is 9.92. The van der Waals surface area contributed by atoms with Crippen LogP contribution in [-0.2, 0) is 12.8 Å². The predicted octanol–water partition coefficient (Wildman–Crippen LogP) is 2.91. The van der Waals surface area contributed by atoms with Gasteiger partial charge in [0.1, 0.15) is 5.69 Å². The summed E-state index contributed by atoms with van der Waals surface area (Å²) in [7, 11) is 0. The second-order valence-electron chi connectivity index (χ2n) is 5.12. The summed E-state index contributed by atoms with van der Waals surface area (Å²) in [5.41, 5.74) is 2.31. The SMILES string of the molecule is CC1=Nc2oc(CC(C)(C)C)nc2C1. The van der Waals surface area contributed by atoms with Gasteiger partial charge in [-0.3, -0.25) is 0 Å². The summed E-state index contributed by atoms with van der Waals surface area (Å²) in [6, 6.07) is 0. The zero-order valence-electron chi connectivity index (χ0n) is 9.22. The molecule has 1 aromatic rings. The van der Waals surface area contributed by atoms with E-state index in [1.807, 2.05) is 6.92 Å². The lowest BCUT2D eigenvalue weighted by Gasteiger charge is -2.14. The van der Waals surface area contributed by atoms with Crippen LogP contribution in [0.1, 0.15) is 39.3 Å². The van der Waals surface area contributed by atoms with Crippen molar-refractivity contribution in [1.82, 2.24) is 4.98 Å². The van der Waals surface area contributed by atoms with Gasteiger partial charge >= 0.3 is 0 Å². The van der Waals surface area contributed by atoms with Crippen LogP contribution in [0.3, 0.4) is 0 Å². The molecule has 0 atom stereocenters. The molecule has 76 valence electrons. The summed E-state index contributed by atoms with van der Waals surface area (Å²) in [5.74, 6) is 1.54. The average Bonchev–Trinajstić information content (AvgIpc) is 2.39.